The fraction of sp³-hybridized carbons (Fsp3) is 0.364. The molecule has 2 aromatic carbocycles. The summed E-state index contributed by atoms with van der Waals surface area (Å²) in [6.45, 7) is 1.81. The van der Waals surface area contributed by atoms with Crippen LogP contribution in [0.1, 0.15) is 41.6 Å². The van der Waals surface area contributed by atoms with Crippen molar-refractivity contribution in [1.82, 2.24) is 10.3 Å². The molecule has 0 radical (unpaired) electrons. The van der Waals surface area contributed by atoms with Crippen molar-refractivity contribution in [3.63, 3.8) is 0 Å². The van der Waals surface area contributed by atoms with E-state index in [-0.39, 0.29) is 11.3 Å². The molecule has 0 saturated heterocycles. The zero-order valence-corrected chi connectivity index (χ0v) is 16.4. The number of amides is 1. The van der Waals surface area contributed by atoms with Crippen LogP contribution in [0.15, 0.2) is 41.9 Å². The van der Waals surface area contributed by atoms with E-state index in [2.05, 4.69) is 22.4 Å². The van der Waals surface area contributed by atoms with E-state index < -0.39 is 0 Å². The van der Waals surface area contributed by atoms with Gasteiger partial charge in [-0.25, -0.2) is 4.98 Å². The highest BCUT2D eigenvalue weighted by molar-refractivity contribution is 7.16. The van der Waals surface area contributed by atoms with Gasteiger partial charge in [-0.15, -0.1) is 11.3 Å². The van der Waals surface area contributed by atoms with E-state index in [1.807, 2.05) is 29.8 Å². The van der Waals surface area contributed by atoms with Gasteiger partial charge in [-0.05, 0) is 48.7 Å². The van der Waals surface area contributed by atoms with Gasteiger partial charge in [0.05, 0.1) is 15.7 Å². The van der Waals surface area contributed by atoms with Crippen molar-refractivity contribution in [2.24, 2.45) is 0 Å². The number of benzene rings is 2. The first kappa shape index (κ1) is 17.5. The first-order chi connectivity index (χ1) is 13.7. The fourth-order valence-corrected chi connectivity index (χ4v) is 5.06. The zero-order valence-electron chi connectivity index (χ0n) is 15.6. The van der Waals surface area contributed by atoms with E-state index >= 15 is 0 Å². The standard InChI is InChI=1S/C22H22N2O3S/c25-21(15-3-5-17-20(11-15)28-14-24-17)23-13-22(7-1-2-8-22)16-4-6-18-19(12-16)27-10-9-26-18/h3-6,11-12,14H,1-2,7-10,13H2,(H,23,25). The monoisotopic (exact) mass is 394 g/mol. The molecule has 5 rings (SSSR count). The average molecular weight is 394 g/mol. The topological polar surface area (TPSA) is 60.5 Å². The lowest BCUT2D eigenvalue weighted by Crippen LogP contribution is -2.39. The number of carbonyl (C=O) groups excluding carboxylic acids is 1. The molecule has 3 aromatic rings. The molecule has 1 N–H and O–H groups in total. The second-order valence-electron chi connectivity index (χ2n) is 7.56. The normalized spacial score (nSPS) is 17.6. The first-order valence-corrected chi connectivity index (χ1v) is 10.6. The Balaban J connectivity index is 1.37. The predicted molar refractivity (Wildman–Crippen MR) is 110 cm³/mol. The summed E-state index contributed by atoms with van der Waals surface area (Å²) in [6, 6.07) is 11.9. The smallest absolute Gasteiger partial charge is 0.251 e. The number of carbonyl (C=O) groups is 1. The van der Waals surface area contributed by atoms with Gasteiger partial charge in [0.1, 0.15) is 13.2 Å². The molecular weight excluding hydrogens is 372 g/mol. The number of fused-ring (bicyclic) bond motifs is 2. The summed E-state index contributed by atoms with van der Waals surface area (Å²) >= 11 is 1.55. The predicted octanol–water partition coefficient (Wildman–Crippen LogP) is 4.31. The summed E-state index contributed by atoms with van der Waals surface area (Å²) in [5.41, 5.74) is 4.62. The number of nitrogens with zero attached hydrogens (tertiary/aromatic N) is 1. The average Bonchev–Trinajstić information content (AvgIpc) is 3.41. The minimum absolute atomic E-state index is 0.0286. The van der Waals surface area contributed by atoms with Crippen LogP contribution < -0.4 is 14.8 Å². The van der Waals surface area contributed by atoms with Crippen molar-refractivity contribution in [2.75, 3.05) is 19.8 Å². The van der Waals surface area contributed by atoms with Gasteiger partial charge >= 0.3 is 0 Å². The van der Waals surface area contributed by atoms with Crippen LogP contribution >= 0.6 is 11.3 Å². The van der Waals surface area contributed by atoms with E-state index in [0.29, 0.717) is 25.3 Å². The Morgan fingerprint density at radius 3 is 2.75 bits per heavy atom. The van der Waals surface area contributed by atoms with Gasteiger partial charge in [0.25, 0.3) is 5.91 Å². The summed E-state index contributed by atoms with van der Waals surface area (Å²) < 4.78 is 12.5. The molecule has 1 aromatic heterocycles. The molecule has 1 fully saturated rings. The fourth-order valence-electron chi connectivity index (χ4n) is 4.34. The Hall–Kier alpha value is -2.60. The van der Waals surface area contributed by atoms with Crippen molar-refractivity contribution < 1.29 is 14.3 Å². The lowest BCUT2D eigenvalue weighted by molar-refractivity contribution is 0.0943. The Kier molecular flexibility index (Phi) is 4.43. The van der Waals surface area contributed by atoms with Crippen LogP contribution in [0.5, 0.6) is 11.5 Å². The van der Waals surface area contributed by atoms with Crippen LogP contribution in [-0.2, 0) is 5.41 Å². The minimum Gasteiger partial charge on any atom is -0.486 e. The van der Waals surface area contributed by atoms with Gasteiger partial charge < -0.3 is 14.8 Å². The second kappa shape index (κ2) is 7.09. The van der Waals surface area contributed by atoms with Crippen LogP contribution in [0.2, 0.25) is 0 Å². The number of nitrogens with one attached hydrogen (secondary N) is 1. The molecule has 0 atom stereocenters. The Labute approximate surface area is 167 Å². The molecule has 1 aliphatic heterocycles. The Morgan fingerprint density at radius 2 is 1.89 bits per heavy atom. The highest BCUT2D eigenvalue weighted by Gasteiger charge is 2.37. The molecule has 2 aliphatic rings. The molecule has 0 bridgehead atoms. The third-order valence-corrected chi connectivity index (χ3v) is 6.69. The first-order valence-electron chi connectivity index (χ1n) is 9.75. The maximum atomic E-state index is 12.8. The lowest BCUT2D eigenvalue weighted by Gasteiger charge is -2.31. The van der Waals surface area contributed by atoms with Crippen LogP contribution in [0.25, 0.3) is 10.2 Å². The van der Waals surface area contributed by atoms with Gasteiger partial charge in [0.15, 0.2) is 11.5 Å². The molecule has 0 spiro atoms. The van der Waals surface area contributed by atoms with Gasteiger partial charge in [-0.1, -0.05) is 18.9 Å². The van der Waals surface area contributed by atoms with Crippen LogP contribution in [0.3, 0.4) is 0 Å². The number of hydrogen-bond donors (Lipinski definition) is 1. The third kappa shape index (κ3) is 3.11. The highest BCUT2D eigenvalue weighted by Crippen LogP contribution is 2.43. The molecular formula is C22H22N2O3S. The molecule has 28 heavy (non-hydrogen) atoms. The van der Waals surface area contributed by atoms with E-state index in [0.717, 1.165) is 34.6 Å². The SMILES string of the molecule is O=C(NCC1(c2ccc3c(c2)OCCO3)CCCC1)c1ccc2ncsc2c1. The van der Waals surface area contributed by atoms with Gasteiger partial charge in [0, 0.05) is 17.5 Å². The summed E-state index contributed by atoms with van der Waals surface area (Å²) in [7, 11) is 0. The van der Waals surface area contributed by atoms with Crippen LogP contribution in [0, 0.1) is 0 Å². The summed E-state index contributed by atoms with van der Waals surface area (Å²) in [6.07, 6.45) is 4.50. The maximum absolute atomic E-state index is 12.8. The highest BCUT2D eigenvalue weighted by atomic mass is 32.1. The van der Waals surface area contributed by atoms with Gasteiger partial charge in [-0.2, -0.15) is 0 Å². The molecule has 2 heterocycles. The number of aromatic nitrogens is 1. The molecule has 5 nitrogen and oxygen atoms in total. The van der Waals surface area contributed by atoms with Crippen molar-refractivity contribution in [1.29, 1.82) is 0 Å². The van der Waals surface area contributed by atoms with E-state index in [4.69, 9.17) is 9.47 Å². The molecule has 1 saturated carbocycles. The van der Waals surface area contributed by atoms with E-state index in [1.165, 1.54) is 18.4 Å². The maximum Gasteiger partial charge on any atom is 0.251 e. The third-order valence-electron chi connectivity index (χ3n) is 5.90. The van der Waals surface area contributed by atoms with Crippen LogP contribution in [-0.4, -0.2) is 30.6 Å². The summed E-state index contributed by atoms with van der Waals surface area (Å²) in [5.74, 6) is 1.60. The molecule has 0 unspecified atom stereocenters. The largest absolute Gasteiger partial charge is 0.486 e. The lowest BCUT2D eigenvalue weighted by atomic mass is 9.78. The zero-order chi connectivity index (χ0) is 19.0. The molecule has 1 aliphatic carbocycles. The Bertz CT molecular complexity index is 1020. The van der Waals surface area contributed by atoms with Gasteiger partial charge in [-0.3, -0.25) is 4.79 Å². The van der Waals surface area contributed by atoms with Crippen molar-refractivity contribution in [3.05, 3.63) is 53.0 Å². The molecule has 144 valence electrons. The Morgan fingerprint density at radius 1 is 1.07 bits per heavy atom. The molecule has 6 heteroatoms. The van der Waals surface area contributed by atoms with E-state index in [1.54, 1.807) is 11.3 Å². The van der Waals surface area contributed by atoms with Crippen molar-refractivity contribution >= 4 is 27.5 Å². The summed E-state index contributed by atoms with van der Waals surface area (Å²) in [4.78, 5) is 17.1. The summed E-state index contributed by atoms with van der Waals surface area (Å²) in [5, 5.41) is 3.19. The second-order valence-corrected chi connectivity index (χ2v) is 8.45. The van der Waals surface area contributed by atoms with Crippen molar-refractivity contribution in [2.45, 2.75) is 31.1 Å². The van der Waals surface area contributed by atoms with Crippen LogP contribution in [0.4, 0.5) is 0 Å². The number of hydrogen-bond acceptors (Lipinski definition) is 5. The van der Waals surface area contributed by atoms with Gasteiger partial charge in [0.2, 0.25) is 0 Å². The number of ether oxygens (including phenoxy) is 2. The number of thiazole rings is 1. The minimum atomic E-state index is -0.0416. The quantitative estimate of drug-likeness (QED) is 0.716. The molecule has 1 amide bonds. The number of rotatable bonds is 4. The van der Waals surface area contributed by atoms with Crippen molar-refractivity contribution in [3.8, 4) is 11.5 Å². The van der Waals surface area contributed by atoms with E-state index in [9.17, 15) is 4.79 Å².